The van der Waals surface area contributed by atoms with Gasteiger partial charge < -0.3 is 9.84 Å². The van der Waals surface area contributed by atoms with E-state index in [0.29, 0.717) is 13.2 Å². The van der Waals surface area contributed by atoms with Gasteiger partial charge >= 0.3 is 5.97 Å². The Balaban J connectivity index is 2.57. The fraction of sp³-hybridized carbons (Fsp3) is 0.500. The SMILES string of the molecule is CC(C)OCCN(C)Cc1ccc(F)c(C(=O)O)c1. The molecule has 1 aromatic rings. The van der Waals surface area contributed by atoms with E-state index in [1.165, 1.54) is 12.1 Å². The van der Waals surface area contributed by atoms with Gasteiger partial charge in [-0.2, -0.15) is 0 Å². The summed E-state index contributed by atoms with van der Waals surface area (Å²) in [7, 11) is 1.91. The number of likely N-dealkylation sites (N-methyl/N-ethyl adjacent to an activating group) is 1. The molecule has 4 nitrogen and oxygen atoms in total. The molecule has 106 valence electrons. The lowest BCUT2D eigenvalue weighted by atomic mass is 10.1. The van der Waals surface area contributed by atoms with Crippen molar-refractivity contribution in [2.24, 2.45) is 0 Å². The van der Waals surface area contributed by atoms with Crippen LogP contribution < -0.4 is 0 Å². The minimum absolute atomic E-state index is 0.192. The van der Waals surface area contributed by atoms with Crippen LogP contribution in [0.25, 0.3) is 0 Å². The Kier molecular flexibility index (Phi) is 5.92. The molecule has 0 spiro atoms. The molecular formula is C14H20FNO3. The van der Waals surface area contributed by atoms with Crippen molar-refractivity contribution in [3.05, 3.63) is 35.1 Å². The van der Waals surface area contributed by atoms with Gasteiger partial charge in [0.2, 0.25) is 0 Å². The number of ether oxygens (including phenoxy) is 1. The van der Waals surface area contributed by atoms with E-state index in [2.05, 4.69) is 0 Å². The van der Waals surface area contributed by atoms with Gasteiger partial charge in [0.15, 0.2) is 0 Å². The summed E-state index contributed by atoms with van der Waals surface area (Å²) in [4.78, 5) is 12.8. The van der Waals surface area contributed by atoms with Gasteiger partial charge in [0.05, 0.1) is 18.3 Å². The van der Waals surface area contributed by atoms with Crippen LogP contribution in [0, 0.1) is 5.82 Å². The number of rotatable bonds is 7. The summed E-state index contributed by atoms with van der Waals surface area (Å²) in [6.07, 6.45) is 0.192. The van der Waals surface area contributed by atoms with Gasteiger partial charge in [-0.05, 0) is 38.6 Å². The molecule has 5 heteroatoms. The van der Waals surface area contributed by atoms with Crippen LogP contribution in [0.1, 0.15) is 29.8 Å². The Morgan fingerprint density at radius 2 is 2.16 bits per heavy atom. The highest BCUT2D eigenvalue weighted by Gasteiger charge is 2.11. The molecule has 1 aromatic carbocycles. The van der Waals surface area contributed by atoms with Crippen LogP contribution in [0.3, 0.4) is 0 Å². The van der Waals surface area contributed by atoms with E-state index in [9.17, 15) is 9.18 Å². The predicted molar refractivity (Wildman–Crippen MR) is 70.8 cm³/mol. The van der Waals surface area contributed by atoms with Crippen LogP contribution in [0.15, 0.2) is 18.2 Å². The third kappa shape index (κ3) is 5.36. The molecule has 1 rings (SSSR count). The van der Waals surface area contributed by atoms with Gasteiger partial charge in [-0.25, -0.2) is 9.18 Å². The first-order valence-electron chi connectivity index (χ1n) is 6.22. The van der Waals surface area contributed by atoms with Crippen molar-refractivity contribution in [3.63, 3.8) is 0 Å². The first kappa shape index (κ1) is 15.6. The lowest BCUT2D eigenvalue weighted by molar-refractivity contribution is 0.0625. The van der Waals surface area contributed by atoms with Crippen molar-refractivity contribution in [2.75, 3.05) is 20.2 Å². The largest absolute Gasteiger partial charge is 0.478 e. The molecule has 0 bridgehead atoms. The molecule has 0 aliphatic heterocycles. The Morgan fingerprint density at radius 3 is 2.74 bits per heavy atom. The highest BCUT2D eigenvalue weighted by atomic mass is 19.1. The van der Waals surface area contributed by atoms with Crippen molar-refractivity contribution in [3.8, 4) is 0 Å². The molecule has 0 heterocycles. The molecule has 0 aliphatic rings. The van der Waals surface area contributed by atoms with E-state index >= 15 is 0 Å². The Morgan fingerprint density at radius 1 is 1.47 bits per heavy atom. The van der Waals surface area contributed by atoms with E-state index in [0.717, 1.165) is 12.1 Å². The number of halogens is 1. The van der Waals surface area contributed by atoms with Gasteiger partial charge in [-0.1, -0.05) is 6.07 Å². The molecule has 0 fully saturated rings. The van der Waals surface area contributed by atoms with Gasteiger partial charge in [-0.15, -0.1) is 0 Å². The summed E-state index contributed by atoms with van der Waals surface area (Å²) in [6, 6.07) is 4.16. The predicted octanol–water partition coefficient (Wildman–Crippen LogP) is 2.38. The van der Waals surface area contributed by atoms with Crippen LogP contribution in [0.5, 0.6) is 0 Å². The van der Waals surface area contributed by atoms with Crippen LogP contribution in [-0.2, 0) is 11.3 Å². The number of carboxylic acids is 1. The maximum Gasteiger partial charge on any atom is 0.338 e. The highest BCUT2D eigenvalue weighted by molar-refractivity contribution is 5.88. The average molecular weight is 269 g/mol. The maximum absolute atomic E-state index is 13.2. The molecular weight excluding hydrogens is 249 g/mol. The molecule has 0 unspecified atom stereocenters. The third-order valence-corrected chi connectivity index (χ3v) is 2.64. The number of nitrogens with zero attached hydrogens (tertiary/aromatic N) is 1. The fourth-order valence-corrected chi connectivity index (χ4v) is 1.67. The maximum atomic E-state index is 13.2. The van der Waals surface area contributed by atoms with Crippen LogP contribution >= 0.6 is 0 Å². The Hall–Kier alpha value is -1.46. The van der Waals surface area contributed by atoms with Crippen molar-refractivity contribution in [1.82, 2.24) is 4.90 Å². The van der Waals surface area contributed by atoms with E-state index in [1.54, 1.807) is 6.07 Å². The van der Waals surface area contributed by atoms with Gasteiger partial charge in [0, 0.05) is 13.1 Å². The van der Waals surface area contributed by atoms with Crippen LogP contribution in [0.4, 0.5) is 4.39 Å². The number of carboxylic acid groups (broad SMARTS) is 1. The number of carbonyl (C=O) groups is 1. The molecule has 0 saturated carbocycles. The standard InChI is InChI=1S/C14H20FNO3/c1-10(2)19-7-6-16(3)9-11-4-5-13(15)12(8-11)14(17)18/h4-5,8,10H,6-7,9H2,1-3H3,(H,17,18). The summed E-state index contributed by atoms with van der Waals surface area (Å²) in [5.41, 5.74) is 0.482. The second-order valence-corrected chi connectivity index (χ2v) is 4.78. The summed E-state index contributed by atoms with van der Waals surface area (Å²) in [6.45, 7) is 5.85. The lowest BCUT2D eigenvalue weighted by Crippen LogP contribution is -2.24. The zero-order chi connectivity index (χ0) is 14.4. The highest BCUT2D eigenvalue weighted by Crippen LogP contribution is 2.12. The Labute approximate surface area is 112 Å². The second kappa shape index (κ2) is 7.21. The molecule has 0 amide bonds. The molecule has 0 aromatic heterocycles. The fourth-order valence-electron chi connectivity index (χ4n) is 1.67. The average Bonchev–Trinajstić information content (AvgIpc) is 2.30. The minimum Gasteiger partial charge on any atom is -0.478 e. The quantitative estimate of drug-likeness (QED) is 0.825. The van der Waals surface area contributed by atoms with E-state index < -0.39 is 11.8 Å². The van der Waals surface area contributed by atoms with E-state index in [-0.39, 0.29) is 11.7 Å². The van der Waals surface area contributed by atoms with Gasteiger partial charge in [0.25, 0.3) is 0 Å². The van der Waals surface area contributed by atoms with Crippen LogP contribution in [0.2, 0.25) is 0 Å². The summed E-state index contributed by atoms with van der Waals surface area (Å²) in [5, 5.41) is 8.85. The number of hydrogen-bond acceptors (Lipinski definition) is 3. The number of hydrogen-bond donors (Lipinski definition) is 1. The molecule has 0 saturated heterocycles. The van der Waals surface area contributed by atoms with Crippen molar-refractivity contribution in [1.29, 1.82) is 0 Å². The van der Waals surface area contributed by atoms with Gasteiger partial charge in [-0.3, -0.25) is 4.90 Å². The van der Waals surface area contributed by atoms with Crippen molar-refractivity contribution in [2.45, 2.75) is 26.5 Å². The first-order chi connectivity index (χ1) is 8.90. The number of aromatic carboxylic acids is 1. The van der Waals surface area contributed by atoms with Crippen molar-refractivity contribution < 1.29 is 19.0 Å². The lowest BCUT2D eigenvalue weighted by Gasteiger charge is -2.18. The molecule has 19 heavy (non-hydrogen) atoms. The summed E-state index contributed by atoms with van der Waals surface area (Å²) < 4.78 is 18.7. The first-order valence-corrected chi connectivity index (χ1v) is 6.22. The molecule has 0 aliphatic carbocycles. The molecule has 1 N–H and O–H groups in total. The zero-order valence-electron chi connectivity index (χ0n) is 11.5. The van der Waals surface area contributed by atoms with Crippen LogP contribution in [-0.4, -0.2) is 42.3 Å². The zero-order valence-corrected chi connectivity index (χ0v) is 11.5. The number of benzene rings is 1. The summed E-state index contributed by atoms with van der Waals surface area (Å²) >= 11 is 0. The van der Waals surface area contributed by atoms with E-state index in [1.807, 2.05) is 25.8 Å². The smallest absolute Gasteiger partial charge is 0.338 e. The van der Waals surface area contributed by atoms with Crippen molar-refractivity contribution >= 4 is 5.97 Å². The molecule has 0 radical (unpaired) electrons. The normalized spacial score (nSPS) is 11.3. The minimum atomic E-state index is -1.25. The monoisotopic (exact) mass is 269 g/mol. The Bertz CT molecular complexity index is 435. The van der Waals surface area contributed by atoms with E-state index in [4.69, 9.17) is 9.84 Å². The topological polar surface area (TPSA) is 49.8 Å². The second-order valence-electron chi connectivity index (χ2n) is 4.78. The molecule has 0 atom stereocenters. The summed E-state index contributed by atoms with van der Waals surface area (Å²) in [5.74, 6) is -1.95. The van der Waals surface area contributed by atoms with Gasteiger partial charge in [0.1, 0.15) is 5.82 Å². The third-order valence-electron chi connectivity index (χ3n) is 2.64.